The molecule has 0 amide bonds. The molecule has 1 saturated heterocycles. The Bertz CT molecular complexity index is 707. The molecule has 23 heavy (non-hydrogen) atoms. The zero-order valence-electron chi connectivity index (χ0n) is 13.7. The molecule has 4 atom stereocenters. The molecule has 2 heterocycles. The molecule has 0 aromatic carbocycles. The van der Waals surface area contributed by atoms with Crippen LogP contribution in [0.1, 0.15) is 31.3 Å². The van der Waals surface area contributed by atoms with Crippen LogP contribution < -0.4 is 11.2 Å². The van der Waals surface area contributed by atoms with Crippen LogP contribution in [0.3, 0.4) is 0 Å². The summed E-state index contributed by atoms with van der Waals surface area (Å²) in [5.74, 6) is -0.418. The number of ether oxygens (including phenoxy) is 2. The minimum Gasteiger partial charge on any atom is -0.394 e. The zero-order valence-corrected chi connectivity index (χ0v) is 13.7. The minimum absolute atomic E-state index is 0.0832. The van der Waals surface area contributed by atoms with Gasteiger partial charge in [-0.05, 0) is 20.8 Å². The van der Waals surface area contributed by atoms with Crippen molar-refractivity contribution in [3.63, 3.8) is 0 Å². The second-order valence-corrected chi connectivity index (χ2v) is 5.92. The zero-order chi connectivity index (χ0) is 17.3. The Morgan fingerprint density at radius 2 is 2.04 bits per heavy atom. The SMILES string of the molecule is CC(=O)COC1C(C)[C@@H](n2c(C)c(C)c(=O)[nH]c2=O)O[C@H]1CO. The molecule has 0 radical (unpaired) electrons. The van der Waals surface area contributed by atoms with E-state index in [1.807, 2.05) is 6.92 Å². The molecule has 1 fully saturated rings. The number of carbonyl (C=O) groups is 1. The molecule has 1 aromatic rings. The molecule has 2 unspecified atom stereocenters. The number of hydrogen-bond donors (Lipinski definition) is 2. The maximum absolute atomic E-state index is 12.2. The summed E-state index contributed by atoms with van der Waals surface area (Å²) in [4.78, 5) is 37.2. The number of ketones is 1. The van der Waals surface area contributed by atoms with Gasteiger partial charge in [0.1, 0.15) is 18.9 Å². The van der Waals surface area contributed by atoms with Gasteiger partial charge in [-0.3, -0.25) is 19.1 Å². The lowest BCUT2D eigenvalue weighted by atomic mass is 10.0. The molecular weight excluding hydrogens is 304 g/mol. The van der Waals surface area contributed by atoms with Crippen LogP contribution in [0.5, 0.6) is 0 Å². The highest BCUT2D eigenvalue weighted by molar-refractivity contribution is 5.76. The molecule has 1 aliphatic rings. The van der Waals surface area contributed by atoms with Gasteiger partial charge in [0.25, 0.3) is 5.56 Å². The Morgan fingerprint density at radius 1 is 1.39 bits per heavy atom. The van der Waals surface area contributed by atoms with Crippen molar-refractivity contribution in [2.45, 2.75) is 46.1 Å². The first-order chi connectivity index (χ1) is 10.8. The monoisotopic (exact) mass is 326 g/mol. The molecule has 0 bridgehead atoms. The predicted octanol–water partition coefficient (Wildman–Crippen LogP) is -0.347. The summed E-state index contributed by atoms with van der Waals surface area (Å²) in [6, 6.07) is 0. The third-order valence-corrected chi connectivity index (χ3v) is 4.25. The van der Waals surface area contributed by atoms with E-state index in [-0.39, 0.29) is 24.9 Å². The molecular formula is C15H22N2O6. The summed E-state index contributed by atoms with van der Waals surface area (Å²) in [5, 5.41) is 9.49. The number of Topliss-reactive ketones (excluding diaryl/α,β-unsaturated/α-hetero) is 1. The van der Waals surface area contributed by atoms with Crippen LogP contribution in [0.2, 0.25) is 0 Å². The van der Waals surface area contributed by atoms with Crippen molar-refractivity contribution in [2.24, 2.45) is 5.92 Å². The Morgan fingerprint density at radius 3 is 2.61 bits per heavy atom. The summed E-state index contributed by atoms with van der Waals surface area (Å²) in [6.07, 6.45) is -1.85. The number of aliphatic hydroxyl groups is 1. The van der Waals surface area contributed by atoms with E-state index in [4.69, 9.17) is 9.47 Å². The van der Waals surface area contributed by atoms with Crippen LogP contribution in [0.4, 0.5) is 0 Å². The van der Waals surface area contributed by atoms with E-state index in [2.05, 4.69) is 4.98 Å². The summed E-state index contributed by atoms with van der Waals surface area (Å²) in [7, 11) is 0. The molecule has 1 aliphatic heterocycles. The fourth-order valence-electron chi connectivity index (χ4n) is 2.85. The third-order valence-electron chi connectivity index (χ3n) is 4.25. The first kappa shape index (κ1) is 17.6. The highest BCUT2D eigenvalue weighted by atomic mass is 16.6. The summed E-state index contributed by atoms with van der Waals surface area (Å²) in [5.41, 5.74) is -0.0788. The maximum Gasteiger partial charge on any atom is 0.330 e. The number of carbonyl (C=O) groups excluding carboxylic acids is 1. The van der Waals surface area contributed by atoms with Gasteiger partial charge < -0.3 is 14.6 Å². The Balaban J connectivity index is 2.38. The van der Waals surface area contributed by atoms with E-state index in [1.54, 1.807) is 13.8 Å². The van der Waals surface area contributed by atoms with E-state index < -0.39 is 29.7 Å². The second kappa shape index (κ2) is 6.77. The van der Waals surface area contributed by atoms with Crippen molar-refractivity contribution in [1.82, 2.24) is 9.55 Å². The van der Waals surface area contributed by atoms with Crippen molar-refractivity contribution in [3.05, 3.63) is 32.1 Å². The smallest absolute Gasteiger partial charge is 0.330 e. The van der Waals surface area contributed by atoms with Gasteiger partial charge in [0.05, 0.1) is 12.7 Å². The van der Waals surface area contributed by atoms with Gasteiger partial charge in [-0.2, -0.15) is 0 Å². The molecule has 0 saturated carbocycles. The molecule has 8 heteroatoms. The van der Waals surface area contributed by atoms with Crippen molar-refractivity contribution >= 4 is 5.78 Å². The number of nitrogens with one attached hydrogen (secondary N) is 1. The van der Waals surface area contributed by atoms with E-state index in [0.29, 0.717) is 11.3 Å². The second-order valence-electron chi connectivity index (χ2n) is 5.92. The van der Waals surface area contributed by atoms with Crippen LogP contribution in [-0.4, -0.2) is 45.9 Å². The lowest BCUT2D eigenvalue weighted by molar-refractivity contribution is -0.126. The number of aliphatic hydroxyl groups excluding tert-OH is 1. The number of hydrogen-bond acceptors (Lipinski definition) is 6. The first-order valence-corrected chi connectivity index (χ1v) is 7.47. The predicted molar refractivity (Wildman–Crippen MR) is 81.4 cm³/mol. The molecule has 0 spiro atoms. The number of nitrogens with zero attached hydrogens (tertiary/aromatic N) is 1. The van der Waals surface area contributed by atoms with Crippen LogP contribution >= 0.6 is 0 Å². The quantitative estimate of drug-likeness (QED) is 0.765. The number of aromatic amines is 1. The third kappa shape index (κ3) is 3.29. The molecule has 2 rings (SSSR count). The number of aromatic nitrogens is 2. The van der Waals surface area contributed by atoms with Gasteiger partial charge in [-0.25, -0.2) is 4.79 Å². The number of rotatable bonds is 5. The Hall–Kier alpha value is -1.77. The van der Waals surface area contributed by atoms with Crippen molar-refractivity contribution in [3.8, 4) is 0 Å². The fraction of sp³-hybridized carbons (Fsp3) is 0.667. The van der Waals surface area contributed by atoms with E-state index in [9.17, 15) is 19.5 Å². The van der Waals surface area contributed by atoms with Crippen molar-refractivity contribution in [1.29, 1.82) is 0 Å². The fourth-order valence-corrected chi connectivity index (χ4v) is 2.85. The van der Waals surface area contributed by atoms with Gasteiger partial charge in [0, 0.05) is 17.2 Å². The van der Waals surface area contributed by atoms with Crippen molar-refractivity contribution in [2.75, 3.05) is 13.2 Å². The number of H-pyrrole nitrogens is 1. The van der Waals surface area contributed by atoms with Gasteiger partial charge >= 0.3 is 5.69 Å². The Labute approximate surface area is 133 Å². The highest BCUT2D eigenvalue weighted by Crippen LogP contribution is 2.36. The normalized spacial score (nSPS) is 27.3. The molecule has 8 nitrogen and oxygen atoms in total. The van der Waals surface area contributed by atoms with Crippen LogP contribution in [0.25, 0.3) is 0 Å². The topological polar surface area (TPSA) is 111 Å². The van der Waals surface area contributed by atoms with E-state index in [1.165, 1.54) is 11.5 Å². The molecule has 0 aliphatic carbocycles. The molecule has 2 N–H and O–H groups in total. The lowest BCUT2D eigenvalue weighted by Gasteiger charge is -2.22. The summed E-state index contributed by atoms with van der Waals surface area (Å²) in [6.45, 7) is 6.14. The van der Waals surface area contributed by atoms with Gasteiger partial charge in [0.2, 0.25) is 0 Å². The largest absolute Gasteiger partial charge is 0.394 e. The van der Waals surface area contributed by atoms with E-state index in [0.717, 1.165) is 0 Å². The van der Waals surface area contributed by atoms with Gasteiger partial charge in [0.15, 0.2) is 5.78 Å². The van der Waals surface area contributed by atoms with Gasteiger partial charge in [-0.1, -0.05) is 6.92 Å². The summed E-state index contributed by atoms with van der Waals surface area (Å²) < 4.78 is 12.7. The Kier molecular flexibility index (Phi) is 5.18. The lowest BCUT2D eigenvalue weighted by Crippen LogP contribution is -2.38. The molecule has 1 aromatic heterocycles. The van der Waals surface area contributed by atoms with Crippen molar-refractivity contribution < 1.29 is 19.4 Å². The first-order valence-electron chi connectivity index (χ1n) is 7.47. The molecule has 128 valence electrons. The standard InChI is InChI=1S/C15H22N2O6/c1-7(19)6-22-12-9(3)14(23-11(12)5-18)17-10(4)8(2)13(20)16-15(17)21/h9,11-12,14,18H,5-6H2,1-4H3,(H,16,20,21)/t9?,11-,12?,14-/m0/s1. The van der Waals surface area contributed by atoms with Crippen LogP contribution in [-0.2, 0) is 14.3 Å². The van der Waals surface area contributed by atoms with Gasteiger partial charge in [-0.15, -0.1) is 0 Å². The van der Waals surface area contributed by atoms with Crippen LogP contribution in [0, 0.1) is 19.8 Å². The average molecular weight is 326 g/mol. The average Bonchev–Trinajstić information content (AvgIpc) is 2.79. The summed E-state index contributed by atoms with van der Waals surface area (Å²) >= 11 is 0. The maximum atomic E-state index is 12.2. The minimum atomic E-state index is -0.688. The van der Waals surface area contributed by atoms with Crippen LogP contribution in [0.15, 0.2) is 9.59 Å². The highest BCUT2D eigenvalue weighted by Gasteiger charge is 2.44. The van der Waals surface area contributed by atoms with E-state index >= 15 is 0 Å².